The van der Waals surface area contributed by atoms with E-state index in [0.717, 1.165) is 11.4 Å². The first-order chi connectivity index (χ1) is 6.27. The van der Waals surface area contributed by atoms with Gasteiger partial charge < -0.3 is 15.8 Å². The molecule has 0 aromatic heterocycles. The molecule has 3 heteroatoms. The molecule has 1 aromatic rings. The van der Waals surface area contributed by atoms with E-state index in [1.54, 1.807) is 7.11 Å². The molecule has 3 N–H and O–H groups in total. The van der Waals surface area contributed by atoms with Crippen molar-refractivity contribution >= 4 is 5.69 Å². The normalized spacial score (nSPS) is 12.2. The van der Waals surface area contributed by atoms with Crippen LogP contribution in [-0.4, -0.2) is 19.7 Å². The molecule has 0 aliphatic heterocycles. The molecule has 0 aliphatic carbocycles. The number of rotatable bonds is 4. The summed E-state index contributed by atoms with van der Waals surface area (Å²) in [4.78, 5) is 0. The Morgan fingerprint density at radius 1 is 1.46 bits per heavy atom. The lowest BCUT2D eigenvalue weighted by Crippen LogP contribution is -2.25. The van der Waals surface area contributed by atoms with Gasteiger partial charge >= 0.3 is 0 Å². The van der Waals surface area contributed by atoms with Crippen molar-refractivity contribution in [3.63, 3.8) is 0 Å². The first-order valence-electron chi connectivity index (χ1n) is 4.37. The molecule has 0 heterocycles. The standard InChI is InChI=1S/C10H16N2O/c1-8(7-11)12-9-5-3-4-6-10(9)13-2/h3-6,8,12H,7,11H2,1-2H3. The average Bonchev–Trinajstić information content (AvgIpc) is 2.18. The number of benzene rings is 1. The number of ether oxygens (including phenoxy) is 1. The van der Waals surface area contributed by atoms with Crippen LogP contribution in [0.15, 0.2) is 24.3 Å². The lowest BCUT2D eigenvalue weighted by Gasteiger charge is -2.15. The molecule has 0 saturated heterocycles. The number of methoxy groups -OCH3 is 1. The van der Waals surface area contributed by atoms with Gasteiger partial charge in [0.05, 0.1) is 12.8 Å². The molecule has 0 fully saturated rings. The number of hydrogen-bond acceptors (Lipinski definition) is 3. The van der Waals surface area contributed by atoms with Gasteiger partial charge in [-0.05, 0) is 19.1 Å². The number of nitrogens with one attached hydrogen (secondary N) is 1. The van der Waals surface area contributed by atoms with Crippen molar-refractivity contribution in [1.29, 1.82) is 0 Å². The predicted octanol–water partition coefficient (Wildman–Crippen LogP) is 1.45. The van der Waals surface area contributed by atoms with E-state index in [0.29, 0.717) is 6.54 Å². The highest BCUT2D eigenvalue weighted by Gasteiger charge is 2.03. The van der Waals surface area contributed by atoms with Gasteiger partial charge in [0.15, 0.2) is 0 Å². The Balaban J connectivity index is 2.74. The quantitative estimate of drug-likeness (QED) is 0.737. The number of hydrogen-bond donors (Lipinski definition) is 2. The van der Waals surface area contributed by atoms with Gasteiger partial charge in [0.1, 0.15) is 5.75 Å². The Bertz CT molecular complexity index is 263. The Kier molecular flexibility index (Phi) is 3.58. The molecule has 13 heavy (non-hydrogen) atoms. The first kappa shape index (κ1) is 9.86. The highest BCUT2D eigenvalue weighted by Crippen LogP contribution is 2.23. The maximum Gasteiger partial charge on any atom is 0.141 e. The van der Waals surface area contributed by atoms with Crippen LogP contribution >= 0.6 is 0 Å². The highest BCUT2D eigenvalue weighted by atomic mass is 16.5. The van der Waals surface area contributed by atoms with Gasteiger partial charge in [-0.3, -0.25) is 0 Å². The maximum atomic E-state index is 5.51. The van der Waals surface area contributed by atoms with Crippen LogP contribution in [0.25, 0.3) is 0 Å². The fraction of sp³-hybridized carbons (Fsp3) is 0.400. The molecule has 1 atom stereocenters. The maximum absolute atomic E-state index is 5.51. The summed E-state index contributed by atoms with van der Waals surface area (Å²) in [5.74, 6) is 0.850. The van der Waals surface area contributed by atoms with E-state index in [1.165, 1.54) is 0 Å². The summed E-state index contributed by atoms with van der Waals surface area (Å²) in [6.07, 6.45) is 0. The number of para-hydroxylation sites is 2. The molecule has 1 aromatic carbocycles. The molecule has 72 valence electrons. The third-order valence-electron chi connectivity index (χ3n) is 1.86. The first-order valence-corrected chi connectivity index (χ1v) is 4.37. The highest BCUT2D eigenvalue weighted by molar-refractivity contribution is 5.56. The fourth-order valence-corrected chi connectivity index (χ4v) is 1.09. The van der Waals surface area contributed by atoms with Crippen molar-refractivity contribution in [2.75, 3.05) is 19.0 Å². The van der Waals surface area contributed by atoms with Gasteiger partial charge in [0.25, 0.3) is 0 Å². The van der Waals surface area contributed by atoms with Crippen LogP contribution in [0.2, 0.25) is 0 Å². The molecular weight excluding hydrogens is 164 g/mol. The van der Waals surface area contributed by atoms with Gasteiger partial charge in [0, 0.05) is 12.6 Å². The second kappa shape index (κ2) is 4.72. The predicted molar refractivity (Wildman–Crippen MR) is 55.1 cm³/mol. The lowest BCUT2D eigenvalue weighted by atomic mass is 10.2. The Labute approximate surface area is 78.9 Å². The largest absolute Gasteiger partial charge is 0.495 e. The van der Waals surface area contributed by atoms with Gasteiger partial charge in [-0.1, -0.05) is 12.1 Å². The van der Waals surface area contributed by atoms with E-state index in [9.17, 15) is 0 Å². The summed E-state index contributed by atoms with van der Waals surface area (Å²) in [7, 11) is 1.66. The minimum atomic E-state index is 0.260. The summed E-state index contributed by atoms with van der Waals surface area (Å²) >= 11 is 0. The van der Waals surface area contributed by atoms with Crippen LogP contribution in [0.5, 0.6) is 5.75 Å². The molecule has 0 saturated carbocycles. The fourth-order valence-electron chi connectivity index (χ4n) is 1.09. The zero-order chi connectivity index (χ0) is 9.68. The summed E-state index contributed by atoms with van der Waals surface area (Å²) in [5, 5.41) is 3.26. The van der Waals surface area contributed by atoms with Crippen LogP contribution < -0.4 is 15.8 Å². The third kappa shape index (κ3) is 2.63. The summed E-state index contributed by atoms with van der Waals surface area (Å²) < 4.78 is 5.19. The smallest absolute Gasteiger partial charge is 0.141 e. The summed E-state index contributed by atoms with van der Waals surface area (Å²) in [6, 6.07) is 8.07. The second-order valence-electron chi connectivity index (χ2n) is 2.98. The van der Waals surface area contributed by atoms with Crippen molar-refractivity contribution in [3.05, 3.63) is 24.3 Å². The molecule has 0 aliphatic rings. The molecule has 1 unspecified atom stereocenters. The zero-order valence-corrected chi connectivity index (χ0v) is 8.08. The molecule has 3 nitrogen and oxygen atoms in total. The monoisotopic (exact) mass is 180 g/mol. The van der Waals surface area contributed by atoms with Crippen LogP contribution in [0.4, 0.5) is 5.69 Å². The minimum absolute atomic E-state index is 0.260. The van der Waals surface area contributed by atoms with Crippen molar-refractivity contribution in [3.8, 4) is 5.75 Å². The Hall–Kier alpha value is -1.22. The molecular formula is C10H16N2O. The van der Waals surface area contributed by atoms with E-state index in [-0.39, 0.29) is 6.04 Å². The topological polar surface area (TPSA) is 47.3 Å². The van der Waals surface area contributed by atoms with E-state index in [2.05, 4.69) is 5.32 Å². The average molecular weight is 180 g/mol. The summed E-state index contributed by atoms with van der Waals surface area (Å²) in [6.45, 7) is 2.64. The van der Waals surface area contributed by atoms with Gasteiger partial charge in [-0.25, -0.2) is 0 Å². The molecule has 0 bridgehead atoms. The van der Waals surface area contributed by atoms with Crippen LogP contribution in [0.1, 0.15) is 6.92 Å². The molecule has 0 radical (unpaired) electrons. The van der Waals surface area contributed by atoms with E-state index in [4.69, 9.17) is 10.5 Å². The Morgan fingerprint density at radius 2 is 2.15 bits per heavy atom. The lowest BCUT2D eigenvalue weighted by molar-refractivity contribution is 0.416. The van der Waals surface area contributed by atoms with Crippen molar-refractivity contribution < 1.29 is 4.74 Å². The zero-order valence-electron chi connectivity index (χ0n) is 8.08. The second-order valence-corrected chi connectivity index (χ2v) is 2.98. The number of nitrogens with two attached hydrogens (primary N) is 1. The van der Waals surface area contributed by atoms with Crippen molar-refractivity contribution in [2.24, 2.45) is 5.73 Å². The number of anilines is 1. The Morgan fingerprint density at radius 3 is 2.77 bits per heavy atom. The van der Waals surface area contributed by atoms with Crippen molar-refractivity contribution in [1.82, 2.24) is 0 Å². The van der Waals surface area contributed by atoms with Crippen LogP contribution in [-0.2, 0) is 0 Å². The van der Waals surface area contributed by atoms with Gasteiger partial charge in [0.2, 0.25) is 0 Å². The molecule has 0 amide bonds. The minimum Gasteiger partial charge on any atom is -0.495 e. The SMILES string of the molecule is COc1ccccc1NC(C)CN. The van der Waals surface area contributed by atoms with Crippen molar-refractivity contribution in [2.45, 2.75) is 13.0 Å². The van der Waals surface area contributed by atoms with E-state index in [1.807, 2.05) is 31.2 Å². The summed E-state index contributed by atoms with van der Waals surface area (Å²) in [5.41, 5.74) is 6.50. The van der Waals surface area contributed by atoms with Crippen LogP contribution in [0.3, 0.4) is 0 Å². The third-order valence-corrected chi connectivity index (χ3v) is 1.86. The van der Waals surface area contributed by atoms with Crippen LogP contribution in [0, 0.1) is 0 Å². The van der Waals surface area contributed by atoms with E-state index < -0.39 is 0 Å². The molecule has 0 spiro atoms. The van der Waals surface area contributed by atoms with Gasteiger partial charge in [-0.15, -0.1) is 0 Å². The molecule has 1 rings (SSSR count). The van der Waals surface area contributed by atoms with Gasteiger partial charge in [-0.2, -0.15) is 0 Å². The van der Waals surface area contributed by atoms with E-state index >= 15 is 0 Å².